The van der Waals surface area contributed by atoms with E-state index in [2.05, 4.69) is 5.32 Å². The minimum atomic E-state index is -0.446. The van der Waals surface area contributed by atoms with Gasteiger partial charge in [-0.05, 0) is 32.0 Å². The highest BCUT2D eigenvalue weighted by Gasteiger charge is 2.25. The molecule has 1 aliphatic rings. The van der Waals surface area contributed by atoms with Gasteiger partial charge >= 0.3 is 0 Å². The summed E-state index contributed by atoms with van der Waals surface area (Å²) in [4.78, 5) is 13.8. The lowest BCUT2D eigenvalue weighted by Crippen LogP contribution is -2.38. The first kappa shape index (κ1) is 12.0. The Labute approximate surface area is 101 Å². The Kier molecular flexibility index (Phi) is 3.43. The fourth-order valence-electron chi connectivity index (χ4n) is 2.13. The molecule has 17 heavy (non-hydrogen) atoms. The first-order valence-corrected chi connectivity index (χ1v) is 5.83. The van der Waals surface area contributed by atoms with Crippen LogP contribution in [-0.2, 0) is 0 Å². The highest BCUT2D eigenvalue weighted by molar-refractivity contribution is 5.94. The number of carbonyl (C=O) groups excluding carboxylic acids is 1. The van der Waals surface area contributed by atoms with Crippen molar-refractivity contribution in [3.8, 4) is 0 Å². The third-order valence-electron chi connectivity index (χ3n) is 3.25. The number of nitrogens with zero attached hydrogens (tertiary/aromatic N) is 1. The molecule has 0 radical (unpaired) electrons. The number of amides is 1. The number of halogens is 1. The molecule has 4 heteroatoms. The van der Waals surface area contributed by atoms with Gasteiger partial charge in [-0.2, -0.15) is 0 Å². The van der Waals surface area contributed by atoms with Gasteiger partial charge in [0.15, 0.2) is 0 Å². The van der Waals surface area contributed by atoms with Gasteiger partial charge < -0.3 is 10.2 Å². The number of benzene rings is 1. The summed E-state index contributed by atoms with van der Waals surface area (Å²) in [6, 6.07) is 4.80. The molecule has 92 valence electrons. The average Bonchev–Trinajstić information content (AvgIpc) is 2.84. The smallest absolute Gasteiger partial charge is 0.256 e. The van der Waals surface area contributed by atoms with E-state index in [1.807, 2.05) is 6.92 Å². The lowest BCUT2D eigenvalue weighted by atomic mass is 10.1. The van der Waals surface area contributed by atoms with Crippen molar-refractivity contribution in [3.05, 3.63) is 35.1 Å². The molecule has 0 aliphatic carbocycles. The van der Waals surface area contributed by atoms with E-state index in [9.17, 15) is 9.18 Å². The maximum absolute atomic E-state index is 13.6. The van der Waals surface area contributed by atoms with Crippen LogP contribution in [-0.4, -0.2) is 37.0 Å². The molecule has 0 spiro atoms. The number of nitrogens with one attached hydrogen (secondary N) is 1. The highest BCUT2D eigenvalue weighted by Crippen LogP contribution is 2.15. The van der Waals surface area contributed by atoms with Crippen LogP contribution in [0.1, 0.15) is 22.3 Å². The maximum atomic E-state index is 13.6. The van der Waals surface area contributed by atoms with Gasteiger partial charge in [0.2, 0.25) is 0 Å². The molecule has 1 N–H and O–H groups in total. The van der Waals surface area contributed by atoms with Crippen LogP contribution >= 0.6 is 0 Å². The van der Waals surface area contributed by atoms with Crippen LogP contribution < -0.4 is 5.32 Å². The molecule has 1 amide bonds. The van der Waals surface area contributed by atoms with Crippen LogP contribution in [0.5, 0.6) is 0 Å². The summed E-state index contributed by atoms with van der Waals surface area (Å²) >= 11 is 0. The topological polar surface area (TPSA) is 32.3 Å². The molecule has 1 fully saturated rings. The average molecular weight is 236 g/mol. The lowest BCUT2D eigenvalue weighted by molar-refractivity contribution is 0.0739. The summed E-state index contributed by atoms with van der Waals surface area (Å²) in [6.45, 7) is 3.56. The van der Waals surface area contributed by atoms with Crippen molar-refractivity contribution < 1.29 is 9.18 Å². The van der Waals surface area contributed by atoms with Crippen molar-refractivity contribution in [1.29, 1.82) is 0 Å². The van der Waals surface area contributed by atoms with Gasteiger partial charge in [0.25, 0.3) is 5.91 Å². The van der Waals surface area contributed by atoms with Crippen molar-refractivity contribution in [1.82, 2.24) is 10.2 Å². The second-order valence-electron chi connectivity index (χ2n) is 4.55. The van der Waals surface area contributed by atoms with E-state index in [4.69, 9.17) is 0 Å². The molecule has 1 heterocycles. The van der Waals surface area contributed by atoms with Gasteiger partial charge in [0.1, 0.15) is 5.82 Å². The van der Waals surface area contributed by atoms with Crippen molar-refractivity contribution in [3.63, 3.8) is 0 Å². The van der Waals surface area contributed by atoms with Crippen LogP contribution in [0.2, 0.25) is 0 Å². The molecular weight excluding hydrogens is 219 g/mol. The Bertz CT molecular complexity index is 427. The summed E-state index contributed by atoms with van der Waals surface area (Å²) in [5.74, 6) is -0.682. The summed E-state index contributed by atoms with van der Waals surface area (Å²) in [5.41, 5.74) is 1.06. The van der Waals surface area contributed by atoms with Crippen LogP contribution in [0.15, 0.2) is 18.2 Å². The van der Waals surface area contributed by atoms with E-state index in [1.165, 1.54) is 6.07 Å². The summed E-state index contributed by atoms with van der Waals surface area (Å²) in [6.07, 6.45) is 0.926. The third-order valence-corrected chi connectivity index (χ3v) is 3.25. The third kappa shape index (κ3) is 2.47. The van der Waals surface area contributed by atoms with Crippen molar-refractivity contribution in [2.45, 2.75) is 19.4 Å². The van der Waals surface area contributed by atoms with E-state index in [0.29, 0.717) is 0 Å². The van der Waals surface area contributed by atoms with Gasteiger partial charge in [-0.1, -0.05) is 11.6 Å². The van der Waals surface area contributed by atoms with Crippen LogP contribution in [0.25, 0.3) is 0 Å². The Morgan fingerprint density at radius 2 is 2.29 bits per heavy atom. The van der Waals surface area contributed by atoms with Crippen LogP contribution in [0.3, 0.4) is 0 Å². The van der Waals surface area contributed by atoms with Gasteiger partial charge in [0.05, 0.1) is 5.56 Å². The molecule has 1 aromatic rings. The quantitative estimate of drug-likeness (QED) is 0.845. The van der Waals surface area contributed by atoms with Crippen LogP contribution in [0.4, 0.5) is 4.39 Å². The Balaban J connectivity index is 2.20. The maximum Gasteiger partial charge on any atom is 0.256 e. The molecule has 1 aromatic carbocycles. The standard InChI is InChI=1S/C13H17FN2O/c1-9-3-4-12(14)11(7-9)13(17)16(2)10-5-6-15-8-10/h3-4,7,10,15H,5-6,8H2,1-2H3. The Morgan fingerprint density at radius 1 is 1.53 bits per heavy atom. The second-order valence-corrected chi connectivity index (χ2v) is 4.55. The first-order valence-electron chi connectivity index (χ1n) is 5.83. The molecule has 3 nitrogen and oxygen atoms in total. The molecular formula is C13H17FN2O. The number of hydrogen-bond acceptors (Lipinski definition) is 2. The minimum absolute atomic E-state index is 0.166. The van der Waals surface area contributed by atoms with E-state index >= 15 is 0 Å². The highest BCUT2D eigenvalue weighted by atomic mass is 19.1. The van der Waals surface area contributed by atoms with E-state index in [-0.39, 0.29) is 17.5 Å². The van der Waals surface area contributed by atoms with Crippen molar-refractivity contribution in [2.24, 2.45) is 0 Å². The zero-order chi connectivity index (χ0) is 12.4. The molecule has 1 atom stereocenters. The van der Waals surface area contributed by atoms with E-state index in [1.54, 1.807) is 24.1 Å². The van der Waals surface area contributed by atoms with Crippen molar-refractivity contribution >= 4 is 5.91 Å². The predicted octanol–water partition coefficient (Wildman–Crippen LogP) is 1.57. The first-order chi connectivity index (χ1) is 8.09. The largest absolute Gasteiger partial charge is 0.337 e. The molecule has 0 bridgehead atoms. The molecule has 0 aromatic heterocycles. The fraction of sp³-hybridized carbons (Fsp3) is 0.462. The molecule has 1 aliphatic heterocycles. The second kappa shape index (κ2) is 4.84. The zero-order valence-corrected chi connectivity index (χ0v) is 10.2. The molecule has 2 rings (SSSR count). The normalized spacial score (nSPS) is 19.4. The minimum Gasteiger partial charge on any atom is -0.337 e. The van der Waals surface area contributed by atoms with Crippen molar-refractivity contribution in [2.75, 3.05) is 20.1 Å². The molecule has 1 unspecified atom stereocenters. The van der Waals surface area contributed by atoms with E-state index < -0.39 is 5.82 Å². The predicted molar refractivity (Wildman–Crippen MR) is 64.5 cm³/mol. The summed E-state index contributed by atoms with van der Waals surface area (Å²) in [5, 5.41) is 3.20. The zero-order valence-electron chi connectivity index (χ0n) is 10.2. The summed E-state index contributed by atoms with van der Waals surface area (Å²) < 4.78 is 13.6. The van der Waals surface area contributed by atoms with Gasteiger partial charge in [-0.3, -0.25) is 4.79 Å². The Morgan fingerprint density at radius 3 is 2.94 bits per heavy atom. The number of aryl methyl sites for hydroxylation is 1. The van der Waals surface area contributed by atoms with E-state index in [0.717, 1.165) is 25.1 Å². The van der Waals surface area contributed by atoms with Crippen LogP contribution in [0, 0.1) is 12.7 Å². The molecule has 1 saturated heterocycles. The fourth-order valence-corrected chi connectivity index (χ4v) is 2.13. The van der Waals surface area contributed by atoms with Gasteiger partial charge in [-0.25, -0.2) is 4.39 Å². The Hall–Kier alpha value is -1.42. The van der Waals surface area contributed by atoms with Gasteiger partial charge in [0, 0.05) is 19.6 Å². The number of likely N-dealkylation sites (N-methyl/N-ethyl adjacent to an activating group) is 1. The van der Waals surface area contributed by atoms with Gasteiger partial charge in [-0.15, -0.1) is 0 Å². The summed E-state index contributed by atoms with van der Waals surface area (Å²) in [7, 11) is 1.74. The SMILES string of the molecule is Cc1ccc(F)c(C(=O)N(C)C2CCNC2)c1. The number of carbonyl (C=O) groups is 1. The molecule has 0 saturated carbocycles. The number of rotatable bonds is 2. The number of hydrogen-bond donors (Lipinski definition) is 1. The monoisotopic (exact) mass is 236 g/mol. The lowest BCUT2D eigenvalue weighted by Gasteiger charge is -2.24.